The van der Waals surface area contributed by atoms with Crippen LogP contribution < -0.4 is 5.46 Å². The highest BCUT2D eigenvalue weighted by atomic mass is 16.7. The molecule has 5 nitrogen and oxygen atoms in total. The lowest BCUT2D eigenvalue weighted by Gasteiger charge is -2.32. The Morgan fingerprint density at radius 2 is 1.69 bits per heavy atom. The van der Waals surface area contributed by atoms with Crippen LogP contribution in [0.4, 0.5) is 0 Å². The number of aryl methyl sites for hydroxylation is 2. The second-order valence-corrected chi connectivity index (χ2v) is 8.03. The predicted molar refractivity (Wildman–Crippen MR) is 104 cm³/mol. The first-order chi connectivity index (χ1) is 12.2. The molecule has 0 unspecified atom stereocenters. The molecule has 1 aromatic carbocycles. The Hall–Kier alpha value is -2.18. The topological polar surface area (TPSA) is 49.2 Å². The molecular formula is C20H24BN3O2. The van der Waals surface area contributed by atoms with Gasteiger partial charge in [0, 0.05) is 35.4 Å². The van der Waals surface area contributed by atoms with Gasteiger partial charge in [0.1, 0.15) is 0 Å². The van der Waals surface area contributed by atoms with Crippen molar-refractivity contribution in [2.75, 3.05) is 0 Å². The standard InChI is InChI=1S/C20H24BN3O2/c1-13-17(14-7-8-18-15(9-14)11-23-24(18)6)10-16(12-22-13)21-25-19(2,3)20(4,5)26-21/h7-12H,1-6H3. The molecule has 6 heteroatoms. The quantitative estimate of drug-likeness (QED) is 0.667. The third kappa shape index (κ3) is 2.64. The van der Waals surface area contributed by atoms with E-state index in [9.17, 15) is 0 Å². The molecule has 0 bridgehead atoms. The zero-order valence-corrected chi connectivity index (χ0v) is 16.2. The minimum Gasteiger partial charge on any atom is -0.399 e. The largest absolute Gasteiger partial charge is 0.496 e. The predicted octanol–water partition coefficient (Wildman–Crippen LogP) is 3.24. The van der Waals surface area contributed by atoms with Crippen LogP contribution in [-0.4, -0.2) is 33.1 Å². The Morgan fingerprint density at radius 1 is 1.00 bits per heavy atom. The number of pyridine rings is 1. The third-order valence-electron chi connectivity index (χ3n) is 5.69. The van der Waals surface area contributed by atoms with E-state index in [2.05, 4.69) is 62.0 Å². The zero-order valence-electron chi connectivity index (χ0n) is 16.2. The van der Waals surface area contributed by atoms with E-state index in [4.69, 9.17) is 9.31 Å². The molecule has 1 fully saturated rings. The molecule has 0 aliphatic carbocycles. The molecule has 1 saturated heterocycles. The van der Waals surface area contributed by atoms with Crippen LogP contribution in [0.25, 0.3) is 22.0 Å². The molecule has 3 aromatic rings. The normalized spacial score (nSPS) is 18.6. The maximum absolute atomic E-state index is 6.18. The smallest absolute Gasteiger partial charge is 0.399 e. The van der Waals surface area contributed by atoms with Crippen LogP contribution in [-0.2, 0) is 16.4 Å². The summed E-state index contributed by atoms with van der Waals surface area (Å²) in [5.74, 6) is 0. The number of benzene rings is 1. The molecule has 0 saturated carbocycles. The van der Waals surface area contributed by atoms with Crippen molar-refractivity contribution >= 4 is 23.5 Å². The lowest BCUT2D eigenvalue weighted by atomic mass is 9.79. The maximum atomic E-state index is 6.18. The average Bonchev–Trinajstić information content (AvgIpc) is 3.04. The van der Waals surface area contributed by atoms with E-state index in [1.807, 2.05) is 31.0 Å². The summed E-state index contributed by atoms with van der Waals surface area (Å²) in [5.41, 5.74) is 4.51. The van der Waals surface area contributed by atoms with Gasteiger partial charge in [-0.05, 0) is 52.3 Å². The fourth-order valence-electron chi connectivity index (χ4n) is 3.28. The van der Waals surface area contributed by atoms with Gasteiger partial charge in [-0.3, -0.25) is 9.67 Å². The summed E-state index contributed by atoms with van der Waals surface area (Å²) in [7, 11) is 1.54. The third-order valence-corrected chi connectivity index (χ3v) is 5.69. The van der Waals surface area contributed by atoms with Gasteiger partial charge < -0.3 is 9.31 Å². The Kier molecular flexibility index (Phi) is 3.76. The highest BCUT2D eigenvalue weighted by Crippen LogP contribution is 2.36. The van der Waals surface area contributed by atoms with Crippen molar-refractivity contribution in [2.45, 2.75) is 45.8 Å². The number of nitrogens with zero attached hydrogens (tertiary/aromatic N) is 3. The van der Waals surface area contributed by atoms with E-state index < -0.39 is 7.12 Å². The minimum absolute atomic E-state index is 0.364. The van der Waals surface area contributed by atoms with Gasteiger partial charge in [-0.25, -0.2) is 0 Å². The second-order valence-electron chi connectivity index (χ2n) is 8.03. The number of aromatic nitrogens is 3. The van der Waals surface area contributed by atoms with Crippen LogP contribution in [0.1, 0.15) is 33.4 Å². The van der Waals surface area contributed by atoms with Gasteiger partial charge >= 0.3 is 7.12 Å². The highest BCUT2D eigenvalue weighted by molar-refractivity contribution is 6.62. The van der Waals surface area contributed by atoms with E-state index in [-0.39, 0.29) is 11.2 Å². The first-order valence-corrected chi connectivity index (χ1v) is 8.92. The van der Waals surface area contributed by atoms with Crippen LogP contribution in [0.3, 0.4) is 0 Å². The maximum Gasteiger partial charge on any atom is 0.496 e. The Morgan fingerprint density at radius 3 is 2.38 bits per heavy atom. The lowest BCUT2D eigenvalue weighted by Crippen LogP contribution is -2.41. The minimum atomic E-state index is -0.408. The molecular weight excluding hydrogens is 325 g/mol. The summed E-state index contributed by atoms with van der Waals surface area (Å²) in [4.78, 5) is 4.60. The van der Waals surface area contributed by atoms with Crippen molar-refractivity contribution in [2.24, 2.45) is 7.05 Å². The SMILES string of the molecule is Cc1ncc(B2OC(C)(C)C(C)(C)O2)cc1-c1ccc2c(cnn2C)c1. The molecule has 134 valence electrons. The number of hydrogen-bond acceptors (Lipinski definition) is 4. The molecule has 4 rings (SSSR count). The molecule has 0 N–H and O–H groups in total. The van der Waals surface area contributed by atoms with E-state index >= 15 is 0 Å². The Balaban J connectivity index is 1.75. The first-order valence-electron chi connectivity index (χ1n) is 8.92. The van der Waals surface area contributed by atoms with Crippen molar-refractivity contribution in [1.82, 2.24) is 14.8 Å². The van der Waals surface area contributed by atoms with Crippen molar-refractivity contribution in [3.05, 3.63) is 42.4 Å². The van der Waals surface area contributed by atoms with Crippen molar-refractivity contribution < 1.29 is 9.31 Å². The van der Waals surface area contributed by atoms with Gasteiger partial charge in [0.2, 0.25) is 0 Å². The summed E-state index contributed by atoms with van der Waals surface area (Å²) in [6.07, 6.45) is 3.74. The summed E-state index contributed by atoms with van der Waals surface area (Å²) in [6, 6.07) is 8.49. The van der Waals surface area contributed by atoms with Crippen LogP contribution in [0.15, 0.2) is 36.7 Å². The fourth-order valence-corrected chi connectivity index (χ4v) is 3.28. The first kappa shape index (κ1) is 17.2. The van der Waals surface area contributed by atoms with Crippen molar-refractivity contribution in [3.8, 4) is 11.1 Å². The molecule has 26 heavy (non-hydrogen) atoms. The van der Waals surface area contributed by atoms with Crippen LogP contribution in [0.5, 0.6) is 0 Å². The molecule has 0 radical (unpaired) electrons. The van der Waals surface area contributed by atoms with E-state index in [1.165, 1.54) is 0 Å². The van der Waals surface area contributed by atoms with Gasteiger partial charge in [-0.2, -0.15) is 5.10 Å². The highest BCUT2D eigenvalue weighted by Gasteiger charge is 2.51. The van der Waals surface area contributed by atoms with E-state index in [0.717, 1.165) is 33.2 Å². The molecule has 0 amide bonds. The number of hydrogen-bond donors (Lipinski definition) is 0. The van der Waals surface area contributed by atoms with Gasteiger partial charge in [-0.1, -0.05) is 12.1 Å². The Labute approximate surface area is 154 Å². The van der Waals surface area contributed by atoms with Crippen LogP contribution in [0.2, 0.25) is 0 Å². The summed E-state index contributed by atoms with van der Waals surface area (Å²) >= 11 is 0. The monoisotopic (exact) mass is 349 g/mol. The van der Waals surface area contributed by atoms with Crippen LogP contribution in [0, 0.1) is 6.92 Å². The molecule has 3 heterocycles. The van der Waals surface area contributed by atoms with E-state index in [1.54, 1.807) is 0 Å². The second kappa shape index (κ2) is 5.66. The van der Waals surface area contributed by atoms with E-state index in [0.29, 0.717) is 0 Å². The van der Waals surface area contributed by atoms with Crippen molar-refractivity contribution in [3.63, 3.8) is 0 Å². The molecule has 0 spiro atoms. The average molecular weight is 349 g/mol. The lowest BCUT2D eigenvalue weighted by molar-refractivity contribution is 0.00578. The van der Waals surface area contributed by atoms with Gasteiger partial charge in [0.25, 0.3) is 0 Å². The summed E-state index contributed by atoms with van der Waals surface area (Å²) in [6.45, 7) is 10.3. The van der Waals surface area contributed by atoms with Crippen LogP contribution >= 0.6 is 0 Å². The Bertz CT molecular complexity index is 978. The number of fused-ring (bicyclic) bond motifs is 1. The summed E-state index contributed by atoms with van der Waals surface area (Å²) in [5, 5.41) is 5.44. The molecule has 1 aliphatic rings. The van der Waals surface area contributed by atoms with Crippen molar-refractivity contribution in [1.29, 1.82) is 0 Å². The van der Waals surface area contributed by atoms with Gasteiger partial charge in [0.15, 0.2) is 0 Å². The molecule has 2 aromatic heterocycles. The molecule has 1 aliphatic heterocycles. The van der Waals surface area contributed by atoms with Gasteiger partial charge in [-0.15, -0.1) is 0 Å². The zero-order chi connectivity index (χ0) is 18.7. The summed E-state index contributed by atoms with van der Waals surface area (Å²) < 4.78 is 14.2. The van der Waals surface area contributed by atoms with Gasteiger partial charge in [0.05, 0.1) is 22.9 Å². The number of rotatable bonds is 2. The fraction of sp³-hybridized carbons (Fsp3) is 0.400. The molecule has 0 atom stereocenters.